The van der Waals surface area contributed by atoms with E-state index < -0.39 is 12.1 Å². The van der Waals surface area contributed by atoms with Gasteiger partial charge in [0.15, 0.2) is 6.10 Å². The van der Waals surface area contributed by atoms with Crippen molar-refractivity contribution in [2.75, 3.05) is 32.9 Å². The number of hydrogen-bond acceptors (Lipinski definition) is 4. The van der Waals surface area contributed by atoms with Crippen molar-refractivity contribution in [2.45, 2.75) is 32.0 Å². The van der Waals surface area contributed by atoms with Gasteiger partial charge in [0.25, 0.3) is 5.91 Å². The fourth-order valence-electron chi connectivity index (χ4n) is 3.39. The Labute approximate surface area is 142 Å². The summed E-state index contributed by atoms with van der Waals surface area (Å²) in [5.41, 5.74) is 0.922. The summed E-state index contributed by atoms with van der Waals surface area (Å²) in [5, 5.41) is 0. The van der Waals surface area contributed by atoms with E-state index in [0.717, 1.165) is 5.56 Å². The molecule has 6 nitrogen and oxygen atoms in total. The zero-order chi connectivity index (χ0) is 17.1. The van der Waals surface area contributed by atoms with Crippen molar-refractivity contribution in [3.8, 4) is 0 Å². The molecule has 130 valence electrons. The summed E-state index contributed by atoms with van der Waals surface area (Å²) in [4.78, 5) is 29.0. The smallest absolute Gasteiger partial charge is 0.254 e. The van der Waals surface area contributed by atoms with Crippen LogP contribution in [0.3, 0.4) is 0 Å². The standard InChI is InChI=1S/C18H24N2O4/c1-13(2)20-15(21)12-24-17(16(20)14-6-4-3-5-7-14)18(22)19-8-10-23-11-9-19/h3-7,13,16-17H,8-12H2,1-2H3. The molecule has 2 heterocycles. The highest BCUT2D eigenvalue weighted by Gasteiger charge is 2.44. The maximum absolute atomic E-state index is 13.0. The predicted molar refractivity (Wildman–Crippen MR) is 88.3 cm³/mol. The highest BCUT2D eigenvalue weighted by Crippen LogP contribution is 2.33. The quantitative estimate of drug-likeness (QED) is 0.835. The zero-order valence-electron chi connectivity index (χ0n) is 14.2. The van der Waals surface area contributed by atoms with Crippen LogP contribution < -0.4 is 0 Å². The fourth-order valence-corrected chi connectivity index (χ4v) is 3.39. The van der Waals surface area contributed by atoms with Crippen LogP contribution in [0, 0.1) is 0 Å². The second-order valence-corrected chi connectivity index (χ2v) is 6.42. The van der Waals surface area contributed by atoms with Crippen LogP contribution in [0.15, 0.2) is 30.3 Å². The number of benzene rings is 1. The Hall–Kier alpha value is -1.92. The molecule has 3 rings (SSSR count). The second kappa shape index (κ2) is 7.32. The summed E-state index contributed by atoms with van der Waals surface area (Å²) < 4.78 is 11.1. The van der Waals surface area contributed by atoms with Gasteiger partial charge in [-0.25, -0.2) is 0 Å². The molecular formula is C18H24N2O4. The molecule has 1 aromatic carbocycles. The molecule has 2 saturated heterocycles. The summed E-state index contributed by atoms with van der Waals surface area (Å²) in [6.45, 7) is 6.10. The number of carbonyl (C=O) groups excluding carboxylic acids is 2. The van der Waals surface area contributed by atoms with Crippen LogP contribution >= 0.6 is 0 Å². The number of rotatable bonds is 3. The van der Waals surface area contributed by atoms with Crippen molar-refractivity contribution in [3.05, 3.63) is 35.9 Å². The summed E-state index contributed by atoms with van der Waals surface area (Å²) >= 11 is 0. The predicted octanol–water partition coefficient (Wildman–Crippen LogP) is 1.22. The van der Waals surface area contributed by atoms with E-state index in [1.165, 1.54) is 0 Å². The highest BCUT2D eigenvalue weighted by atomic mass is 16.5. The number of morpholine rings is 2. The topological polar surface area (TPSA) is 59.1 Å². The molecule has 0 saturated carbocycles. The number of carbonyl (C=O) groups is 2. The van der Waals surface area contributed by atoms with Crippen LogP contribution in [0.1, 0.15) is 25.5 Å². The average molecular weight is 332 g/mol. The lowest BCUT2D eigenvalue weighted by Crippen LogP contribution is -2.58. The number of nitrogens with zero attached hydrogens (tertiary/aromatic N) is 2. The summed E-state index contributed by atoms with van der Waals surface area (Å²) in [6, 6.07) is 9.25. The minimum Gasteiger partial charge on any atom is -0.378 e. The van der Waals surface area contributed by atoms with Gasteiger partial charge >= 0.3 is 0 Å². The zero-order valence-corrected chi connectivity index (χ0v) is 14.2. The van der Waals surface area contributed by atoms with Crippen molar-refractivity contribution in [3.63, 3.8) is 0 Å². The first-order chi connectivity index (χ1) is 11.6. The lowest BCUT2D eigenvalue weighted by molar-refractivity contribution is -0.173. The van der Waals surface area contributed by atoms with Gasteiger partial charge in [0.05, 0.1) is 19.3 Å². The van der Waals surface area contributed by atoms with Gasteiger partial charge < -0.3 is 19.3 Å². The second-order valence-electron chi connectivity index (χ2n) is 6.42. The Kier molecular flexibility index (Phi) is 5.16. The molecule has 0 aliphatic carbocycles. The maximum atomic E-state index is 13.0. The van der Waals surface area contributed by atoms with Crippen molar-refractivity contribution in [1.29, 1.82) is 0 Å². The molecule has 6 heteroatoms. The van der Waals surface area contributed by atoms with Crippen molar-refractivity contribution >= 4 is 11.8 Å². The van der Waals surface area contributed by atoms with E-state index in [0.29, 0.717) is 26.3 Å². The third-order valence-electron chi connectivity index (χ3n) is 4.52. The largest absolute Gasteiger partial charge is 0.378 e. The molecule has 2 amide bonds. The Morgan fingerprint density at radius 2 is 1.83 bits per heavy atom. The lowest BCUT2D eigenvalue weighted by Gasteiger charge is -2.44. The van der Waals surface area contributed by atoms with Crippen LogP contribution in [0.5, 0.6) is 0 Å². The number of amides is 2. The third kappa shape index (κ3) is 3.30. The molecule has 2 fully saturated rings. The van der Waals surface area contributed by atoms with E-state index in [1.807, 2.05) is 44.2 Å². The van der Waals surface area contributed by atoms with Gasteiger partial charge in [0.2, 0.25) is 5.91 Å². The van der Waals surface area contributed by atoms with E-state index in [9.17, 15) is 9.59 Å². The summed E-state index contributed by atoms with van der Waals surface area (Å²) in [6.07, 6.45) is -0.675. The molecule has 0 spiro atoms. The molecule has 2 aliphatic rings. The van der Waals surface area contributed by atoms with Crippen molar-refractivity contribution in [2.24, 2.45) is 0 Å². The van der Waals surface area contributed by atoms with E-state index in [-0.39, 0.29) is 24.5 Å². The molecule has 0 N–H and O–H groups in total. The van der Waals surface area contributed by atoms with Crippen LogP contribution in [0.4, 0.5) is 0 Å². The molecule has 2 unspecified atom stereocenters. The Balaban J connectivity index is 1.93. The van der Waals surface area contributed by atoms with Crippen LogP contribution in [0.25, 0.3) is 0 Å². The Morgan fingerprint density at radius 3 is 2.46 bits per heavy atom. The molecule has 1 aromatic rings. The molecule has 2 atom stereocenters. The van der Waals surface area contributed by atoms with Gasteiger partial charge in [0, 0.05) is 19.1 Å². The van der Waals surface area contributed by atoms with Crippen LogP contribution in [-0.2, 0) is 19.1 Å². The van der Waals surface area contributed by atoms with Gasteiger partial charge in [-0.05, 0) is 19.4 Å². The SMILES string of the molecule is CC(C)N1C(=O)COC(C(=O)N2CCOCC2)C1c1ccccc1. The van der Waals surface area contributed by atoms with E-state index in [2.05, 4.69) is 0 Å². The monoisotopic (exact) mass is 332 g/mol. The molecular weight excluding hydrogens is 308 g/mol. The van der Waals surface area contributed by atoms with Gasteiger partial charge in [-0.2, -0.15) is 0 Å². The number of ether oxygens (including phenoxy) is 2. The highest BCUT2D eigenvalue weighted by molar-refractivity contribution is 5.86. The maximum Gasteiger partial charge on any atom is 0.254 e. The van der Waals surface area contributed by atoms with E-state index in [4.69, 9.17) is 9.47 Å². The van der Waals surface area contributed by atoms with Crippen LogP contribution in [0.2, 0.25) is 0 Å². The van der Waals surface area contributed by atoms with E-state index >= 15 is 0 Å². The molecule has 0 radical (unpaired) electrons. The van der Waals surface area contributed by atoms with Crippen molar-refractivity contribution in [1.82, 2.24) is 9.80 Å². The average Bonchev–Trinajstić information content (AvgIpc) is 2.62. The molecule has 0 bridgehead atoms. The van der Waals surface area contributed by atoms with Crippen LogP contribution in [-0.4, -0.2) is 66.7 Å². The third-order valence-corrected chi connectivity index (χ3v) is 4.52. The first-order valence-corrected chi connectivity index (χ1v) is 8.44. The molecule has 0 aromatic heterocycles. The minimum absolute atomic E-state index is 0.00778. The summed E-state index contributed by atoms with van der Waals surface area (Å²) in [7, 11) is 0. The van der Waals surface area contributed by atoms with Crippen molar-refractivity contribution < 1.29 is 19.1 Å². The minimum atomic E-state index is -0.675. The summed E-state index contributed by atoms with van der Waals surface area (Å²) in [5.74, 6) is -0.143. The van der Waals surface area contributed by atoms with Gasteiger partial charge in [-0.3, -0.25) is 9.59 Å². The Bertz CT molecular complexity index is 584. The lowest BCUT2D eigenvalue weighted by atomic mass is 9.95. The number of hydrogen-bond donors (Lipinski definition) is 0. The normalized spacial score (nSPS) is 25.2. The molecule has 2 aliphatic heterocycles. The van der Waals surface area contributed by atoms with Gasteiger partial charge in [0.1, 0.15) is 6.61 Å². The first kappa shape index (κ1) is 16.9. The molecule has 24 heavy (non-hydrogen) atoms. The Morgan fingerprint density at radius 1 is 1.17 bits per heavy atom. The van der Waals surface area contributed by atoms with Gasteiger partial charge in [-0.1, -0.05) is 30.3 Å². The van der Waals surface area contributed by atoms with Gasteiger partial charge in [-0.15, -0.1) is 0 Å². The van der Waals surface area contributed by atoms with E-state index in [1.54, 1.807) is 9.80 Å². The fraction of sp³-hybridized carbons (Fsp3) is 0.556. The first-order valence-electron chi connectivity index (χ1n) is 8.44.